The quantitative estimate of drug-likeness (QED) is 0.676. The average molecular weight is 380 g/mol. The summed E-state index contributed by atoms with van der Waals surface area (Å²) in [7, 11) is 0. The standard InChI is InChI=1S/C20H24N6O2/c1-14(2)10-18-23-19(28-24-18)15-6-5-9-25(11-15)20(27)16-7-3-4-8-17(16)26-13-21-12-22-26/h3-4,7-8,12-15H,5-6,9-11H2,1-2H3. The van der Waals surface area contributed by atoms with Crippen LogP contribution in [0.2, 0.25) is 0 Å². The zero-order valence-corrected chi connectivity index (χ0v) is 16.2. The number of hydrogen-bond donors (Lipinski definition) is 0. The number of piperidine rings is 1. The van der Waals surface area contributed by atoms with Crippen LogP contribution in [0, 0.1) is 5.92 Å². The van der Waals surface area contributed by atoms with Crippen molar-refractivity contribution in [1.82, 2.24) is 29.8 Å². The minimum Gasteiger partial charge on any atom is -0.339 e. The average Bonchev–Trinajstić information content (AvgIpc) is 3.39. The van der Waals surface area contributed by atoms with Crippen LogP contribution >= 0.6 is 0 Å². The van der Waals surface area contributed by atoms with Gasteiger partial charge in [-0.2, -0.15) is 10.1 Å². The smallest absolute Gasteiger partial charge is 0.256 e. The van der Waals surface area contributed by atoms with Gasteiger partial charge in [0.2, 0.25) is 5.89 Å². The van der Waals surface area contributed by atoms with Crippen LogP contribution in [0.1, 0.15) is 54.7 Å². The first-order valence-corrected chi connectivity index (χ1v) is 9.67. The maximum absolute atomic E-state index is 13.2. The van der Waals surface area contributed by atoms with Crippen LogP contribution in [-0.4, -0.2) is 48.8 Å². The van der Waals surface area contributed by atoms with Gasteiger partial charge in [-0.1, -0.05) is 31.1 Å². The first-order valence-electron chi connectivity index (χ1n) is 9.67. The van der Waals surface area contributed by atoms with E-state index in [-0.39, 0.29) is 11.8 Å². The lowest BCUT2D eigenvalue weighted by atomic mass is 9.97. The van der Waals surface area contributed by atoms with Crippen molar-refractivity contribution in [2.24, 2.45) is 5.92 Å². The number of carbonyl (C=O) groups excluding carboxylic acids is 1. The highest BCUT2D eigenvalue weighted by Gasteiger charge is 2.30. The van der Waals surface area contributed by atoms with Gasteiger partial charge in [-0.3, -0.25) is 4.79 Å². The summed E-state index contributed by atoms with van der Waals surface area (Å²) in [5, 5.41) is 8.26. The lowest BCUT2D eigenvalue weighted by molar-refractivity contribution is 0.0695. The van der Waals surface area contributed by atoms with Crippen LogP contribution in [0.5, 0.6) is 0 Å². The molecule has 0 bridgehead atoms. The van der Waals surface area contributed by atoms with Gasteiger partial charge >= 0.3 is 0 Å². The highest BCUT2D eigenvalue weighted by atomic mass is 16.5. The molecule has 8 nitrogen and oxygen atoms in total. The monoisotopic (exact) mass is 380 g/mol. The number of aromatic nitrogens is 5. The zero-order chi connectivity index (χ0) is 19.5. The number of likely N-dealkylation sites (tertiary alicyclic amines) is 1. The third-order valence-corrected chi connectivity index (χ3v) is 4.93. The molecule has 28 heavy (non-hydrogen) atoms. The summed E-state index contributed by atoms with van der Waals surface area (Å²) in [6, 6.07) is 7.46. The van der Waals surface area contributed by atoms with Gasteiger partial charge in [0.1, 0.15) is 12.7 Å². The van der Waals surface area contributed by atoms with Gasteiger partial charge in [0.25, 0.3) is 5.91 Å². The van der Waals surface area contributed by atoms with Gasteiger partial charge in [0, 0.05) is 19.5 Å². The molecule has 2 aromatic heterocycles. The molecule has 146 valence electrons. The number of amides is 1. The van der Waals surface area contributed by atoms with Crippen molar-refractivity contribution >= 4 is 5.91 Å². The van der Waals surface area contributed by atoms with E-state index < -0.39 is 0 Å². The Bertz CT molecular complexity index is 934. The molecule has 0 spiro atoms. The molecule has 4 rings (SSSR count). The van der Waals surface area contributed by atoms with Gasteiger partial charge in [-0.05, 0) is 30.9 Å². The molecule has 1 atom stereocenters. The van der Waals surface area contributed by atoms with Gasteiger partial charge < -0.3 is 9.42 Å². The van der Waals surface area contributed by atoms with E-state index in [1.807, 2.05) is 29.2 Å². The molecule has 1 saturated heterocycles. The second-order valence-electron chi connectivity index (χ2n) is 7.59. The van der Waals surface area contributed by atoms with Crippen molar-refractivity contribution in [3.05, 3.63) is 54.2 Å². The Labute approximate surface area is 163 Å². The van der Waals surface area contributed by atoms with Crippen LogP contribution in [-0.2, 0) is 6.42 Å². The first-order chi connectivity index (χ1) is 13.6. The van der Waals surface area contributed by atoms with Crippen molar-refractivity contribution in [2.45, 2.75) is 39.0 Å². The van der Waals surface area contributed by atoms with E-state index in [0.717, 1.165) is 30.8 Å². The molecule has 1 aromatic carbocycles. The molecule has 1 fully saturated rings. The van der Waals surface area contributed by atoms with E-state index in [1.165, 1.54) is 6.33 Å². The fraction of sp³-hybridized carbons (Fsp3) is 0.450. The van der Waals surface area contributed by atoms with Gasteiger partial charge in [-0.25, -0.2) is 9.67 Å². The minimum atomic E-state index is -0.0160. The molecule has 1 aliphatic rings. The number of benzene rings is 1. The van der Waals surface area contributed by atoms with Crippen molar-refractivity contribution in [2.75, 3.05) is 13.1 Å². The van der Waals surface area contributed by atoms with Gasteiger partial charge in [-0.15, -0.1) is 0 Å². The lowest BCUT2D eigenvalue weighted by Gasteiger charge is -2.31. The molecular weight excluding hydrogens is 356 g/mol. The highest BCUT2D eigenvalue weighted by Crippen LogP contribution is 2.28. The predicted molar refractivity (Wildman–Crippen MR) is 102 cm³/mol. The van der Waals surface area contributed by atoms with Crippen LogP contribution in [0.15, 0.2) is 41.4 Å². The lowest BCUT2D eigenvalue weighted by Crippen LogP contribution is -2.39. The van der Waals surface area contributed by atoms with E-state index >= 15 is 0 Å². The Balaban J connectivity index is 1.52. The third kappa shape index (κ3) is 3.81. The maximum Gasteiger partial charge on any atom is 0.256 e. The van der Waals surface area contributed by atoms with E-state index in [2.05, 4.69) is 34.1 Å². The van der Waals surface area contributed by atoms with Crippen LogP contribution in [0.3, 0.4) is 0 Å². The molecule has 0 N–H and O–H groups in total. The molecule has 3 heterocycles. The number of para-hydroxylation sites is 1. The highest BCUT2D eigenvalue weighted by molar-refractivity contribution is 5.97. The first kappa shape index (κ1) is 18.3. The molecule has 0 saturated carbocycles. The predicted octanol–water partition coefficient (Wildman–Crippen LogP) is 2.87. The second-order valence-corrected chi connectivity index (χ2v) is 7.59. The van der Waals surface area contributed by atoms with E-state index in [1.54, 1.807) is 11.0 Å². The van der Waals surface area contributed by atoms with Gasteiger partial charge in [0.15, 0.2) is 5.82 Å². The van der Waals surface area contributed by atoms with Crippen molar-refractivity contribution in [3.8, 4) is 5.69 Å². The summed E-state index contributed by atoms with van der Waals surface area (Å²) in [5.41, 5.74) is 1.34. The fourth-order valence-electron chi connectivity index (χ4n) is 3.60. The maximum atomic E-state index is 13.2. The third-order valence-electron chi connectivity index (χ3n) is 4.93. The van der Waals surface area contributed by atoms with Gasteiger partial charge in [0.05, 0.1) is 17.2 Å². The van der Waals surface area contributed by atoms with Crippen molar-refractivity contribution in [3.63, 3.8) is 0 Å². The number of nitrogens with zero attached hydrogens (tertiary/aromatic N) is 6. The molecular formula is C20H24N6O2. The molecule has 1 amide bonds. The Kier molecular flexibility index (Phi) is 5.18. The van der Waals surface area contributed by atoms with Crippen LogP contribution < -0.4 is 0 Å². The summed E-state index contributed by atoms with van der Waals surface area (Å²) >= 11 is 0. The number of hydrogen-bond acceptors (Lipinski definition) is 6. The largest absolute Gasteiger partial charge is 0.339 e. The Morgan fingerprint density at radius 2 is 2.18 bits per heavy atom. The summed E-state index contributed by atoms with van der Waals surface area (Å²) in [5.74, 6) is 1.91. The summed E-state index contributed by atoms with van der Waals surface area (Å²) < 4.78 is 7.12. The summed E-state index contributed by atoms with van der Waals surface area (Å²) in [4.78, 5) is 23.7. The number of carbonyl (C=O) groups is 1. The molecule has 8 heteroatoms. The molecule has 1 aliphatic heterocycles. The normalized spacial score (nSPS) is 17.2. The van der Waals surface area contributed by atoms with Crippen LogP contribution in [0.4, 0.5) is 0 Å². The topological polar surface area (TPSA) is 89.9 Å². The van der Waals surface area contributed by atoms with E-state index in [9.17, 15) is 4.79 Å². The minimum absolute atomic E-state index is 0.0160. The van der Waals surface area contributed by atoms with Crippen molar-refractivity contribution < 1.29 is 9.32 Å². The Hall–Kier alpha value is -3.03. The Morgan fingerprint density at radius 3 is 2.96 bits per heavy atom. The Morgan fingerprint density at radius 1 is 1.32 bits per heavy atom. The fourth-order valence-corrected chi connectivity index (χ4v) is 3.60. The van der Waals surface area contributed by atoms with Crippen LogP contribution in [0.25, 0.3) is 5.69 Å². The molecule has 3 aromatic rings. The molecule has 0 radical (unpaired) electrons. The second kappa shape index (κ2) is 7.92. The summed E-state index contributed by atoms with van der Waals surface area (Å²) in [6.07, 6.45) is 5.70. The SMILES string of the molecule is CC(C)Cc1noc(C2CCCN(C(=O)c3ccccc3-n3cncn3)C2)n1. The number of rotatable bonds is 5. The zero-order valence-electron chi connectivity index (χ0n) is 16.2. The summed E-state index contributed by atoms with van der Waals surface area (Å²) in [6.45, 7) is 5.55. The van der Waals surface area contributed by atoms with E-state index in [4.69, 9.17) is 4.52 Å². The molecule has 0 aliphatic carbocycles. The molecule has 1 unspecified atom stereocenters. The van der Waals surface area contributed by atoms with E-state index in [0.29, 0.717) is 30.5 Å². The van der Waals surface area contributed by atoms with Crippen molar-refractivity contribution in [1.29, 1.82) is 0 Å².